The molecule has 7 heteroatoms. The molecule has 7 nitrogen and oxygen atoms in total. The summed E-state index contributed by atoms with van der Waals surface area (Å²) in [6.45, 7) is 1.90. The number of fused-ring (bicyclic) bond motifs is 1. The second-order valence-corrected chi connectivity index (χ2v) is 5.00. The number of nitrogens with zero attached hydrogens (tertiary/aromatic N) is 4. The fraction of sp³-hybridized carbons (Fsp3) is 0.615. The first kappa shape index (κ1) is 13.1. The second kappa shape index (κ2) is 5.24. The Labute approximate surface area is 117 Å². The Morgan fingerprint density at radius 2 is 2.10 bits per heavy atom. The number of methoxy groups -OCH3 is 1. The average Bonchev–Trinajstić information content (AvgIpc) is 2.51. The zero-order valence-corrected chi connectivity index (χ0v) is 11.7. The highest BCUT2D eigenvalue weighted by molar-refractivity contribution is 5.93. The monoisotopic (exact) mass is 278 g/mol. The quantitative estimate of drug-likeness (QED) is 0.808. The molecule has 3 heterocycles. The maximum Gasteiger partial charge on any atom is 0.325 e. The first-order valence-corrected chi connectivity index (χ1v) is 6.72. The van der Waals surface area contributed by atoms with Crippen LogP contribution >= 0.6 is 0 Å². The molecule has 0 atom stereocenters. The molecule has 0 N–H and O–H groups in total. The van der Waals surface area contributed by atoms with Crippen LogP contribution in [0, 0.1) is 0 Å². The third kappa shape index (κ3) is 2.07. The lowest BCUT2D eigenvalue weighted by atomic mass is 10.1. The van der Waals surface area contributed by atoms with Gasteiger partial charge < -0.3 is 14.4 Å². The van der Waals surface area contributed by atoms with E-state index in [0.717, 1.165) is 18.4 Å². The molecule has 0 bridgehead atoms. The van der Waals surface area contributed by atoms with Crippen LogP contribution in [0.2, 0.25) is 0 Å². The number of carbonyl (C=O) groups is 1. The molecule has 0 radical (unpaired) electrons. The minimum absolute atomic E-state index is 0.0230. The fourth-order valence-corrected chi connectivity index (χ4v) is 2.79. The molecule has 2 amide bonds. The molecule has 20 heavy (non-hydrogen) atoms. The summed E-state index contributed by atoms with van der Waals surface area (Å²) in [6, 6.07) is 0.182. The third-order valence-corrected chi connectivity index (χ3v) is 3.89. The highest BCUT2D eigenvalue weighted by Crippen LogP contribution is 2.33. The van der Waals surface area contributed by atoms with Crippen LogP contribution in [0.25, 0.3) is 0 Å². The van der Waals surface area contributed by atoms with Crippen LogP contribution in [0.15, 0.2) is 6.33 Å². The minimum Gasteiger partial charge on any atom is -0.481 e. The van der Waals surface area contributed by atoms with Crippen molar-refractivity contribution in [3.05, 3.63) is 11.9 Å². The number of urea groups is 1. The van der Waals surface area contributed by atoms with Gasteiger partial charge in [-0.05, 0) is 12.8 Å². The summed E-state index contributed by atoms with van der Waals surface area (Å²) in [4.78, 5) is 24.3. The molecular weight excluding hydrogens is 260 g/mol. The number of rotatable bonds is 2. The van der Waals surface area contributed by atoms with Gasteiger partial charge in [-0.25, -0.2) is 14.8 Å². The highest BCUT2D eigenvalue weighted by atomic mass is 16.5. The molecule has 1 aromatic heterocycles. The van der Waals surface area contributed by atoms with Gasteiger partial charge in [-0.3, -0.25) is 4.90 Å². The standard InChI is InChI=1S/C13H18N4O3/c1-16-11-10(12(19-2)15-8-14-11)7-17(13(16)18)9-3-5-20-6-4-9/h8-9H,3-7H2,1-2H3. The van der Waals surface area contributed by atoms with Gasteiger partial charge in [0.15, 0.2) is 0 Å². The molecule has 1 aromatic rings. The van der Waals surface area contributed by atoms with Crippen molar-refractivity contribution in [1.82, 2.24) is 14.9 Å². The summed E-state index contributed by atoms with van der Waals surface area (Å²) >= 11 is 0. The van der Waals surface area contributed by atoms with Crippen LogP contribution in [0.4, 0.5) is 10.6 Å². The first-order valence-electron chi connectivity index (χ1n) is 6.72. The Kier molecular flexibility index (Phi) is 3.43. The molecule has 2 aliphatic heterocycles. The lowest BCUT2D eigenvalue weighted by molar-refractivity contribution is 0.0438. The summed E-state index contributed by atoms with van der Waals surface area (Å²) in [5.74, 6) is 1.16. The molecule has 0 aromatic carbocycles. The van der Waals surface area contributed by atoms with Gasteiger partial charge in [0.25, 0.3) is 0 Å². The normalized spacial score (nSPS) is 20.0. The molecule has 1 saturated heterocycles. The topological polar surface area (TPSA) is 67.8 Å². The van der Waals surface area contributed by atoms with E-state index >= 15 is 0 Å². The average molecular weight is 278 g/mol. The van der Waals surface area contributed by atoms with Gasteiger partial charge in [0.1, 0.15) is 12.1 Å². The fourth-order valence-electron chi connectivity index (χ4n) is 2.79. The maximum absolute atomic E-state index is 12.5. The Bertz CT molecular complexity index is 516. The van der Waals surface area contributed by atoms with Crippen LogP contribution in [0.1, 0.15) is 18.4 Å². The van der Waals surface area contributed by atoms with Crippen molar-refractivity contribution in [1.29, 1.82) is 0 Å². The summed E-state index contributed by atoms with van der Waals surface area (Å²) in [5, 5.41) is 0. The van der Waals surface area contributed by atoms with Crippen molar-refractivity contribution < 1.29 is 14.3 Å². The highest BCUT2D eigenvalue weighted by Gasteiger charge is 2.36. The van der Waals surface area contributed by atoms with E-state index in [4.69, 9.17) is 9.47 Å². The number of amides is 2. The Balaban J connectivity index is 1.94. The zero-order valence-electron chi connectivity index (χ0n) is 11.7. The van der Waals surface area contributed by atoms with Gasteiger partial charge in [-0.1, -0.05) is 0 Å². The van der Waals surface area contributed by atoms with E-state index < -0.39 is 0 Å². The number of aromatic nitrogens is 2. The van der Waals surface area contributed by atoms with Crippen molar-refractivity contribution in [3.63, 3.8) is 0 Å². The molecule has 108 valence electrons. The van der Waals surface area contributed by atoms with E-state index in [-0.39, 0.29) is 12.1 Å². The number of hydrogen-bond acceptors (Lipinski definition) is 5. The van der Waals surface area contributed by atoms with E-state index in [9.17, 15) is 4.79 Å². The van der Waals surface area contributed by atoms with Crippen molar-refractivity contribution in [3.8, 4) is 5.88 Å². The van der Waals surface area contributed by atoms with Gasteiger partial charge in [0.05, 0.1) is 19.2 Å². The SMILES string of the molecule is COc1ncnc2c1CN(C1CCOCC1)C(=O)N2C. The van der Waals surface area contributed by atoms with Gasteiger partial charge in [-0.2, -0.15) is 0 Å². The predicted octanol–water partition coefficient (Wildman–Crippen LogP) is 1.04. The van der Waals surface area contributed by atoms with E-state index in [1.165, 1.54) is 6.33 Å². The predicted molar refractivity (Wildman–Crippen MR) is 71.8 cm³/mol. The number of carbonyl (C=O) groups excluding carboxylic acids is 1. The first-order chi connectivity index (χ1) is 9.72. The Morgan fingerprint density at radius 1 is 1.35 bits per heavy atom. The van der Waals surface area contributed by atoms with E-state index in [1.54, 1.807) is 19.1 Å². The van der Waals surface area contributed by atoms with E-state index in [0.29, 0.717) is 31.5 Å². The molecule has 0 aliphatic carbocycles. The summed E-state index contributed by atoms with van der Waals surface area (Å²) in [5.41, 5.74) is 0.864. The van der Waals surface area contributed by atoms with Crippen molar-refractivity contribution in [2.75, 3.05) is 32.3 Å². The van der Waals surface area contributed by atoms with Gasteiger partial charge in [0.2, 0.25) is 5.88 Å². The second-order valence-electron chi connectivity index (χ2n) is 5.00. The van der Waals surface area contributed by atoms with Crippen LogP contribution < -0.4 is 9.64 Å². The van der Waals surface area contributed by atoms with Crippen LogP contribution in [-0.2, 0) is 11.3 Å². The summed E-state index contributed by atoms with van der Waals surface area (Å²) in [7, 11) is 3.32. The molecule has 1 fully saturated rings. The number of anilines is 1. The lowest BCUT2D eigenvalue weighted by Gasteiger charge is -2.40. The van der Waals surface area contributed by atoms with Gasteiger partial charge >= 0.3 is 6.03 Å². The van der Waals surface area contributed by atoms with Crippen LogP contribution in [0.3, 0.4) is 0 Å². The number of ether oxygens (including phenoxy) is 2. The van der Waals surface area contributed by atoms with Crippen molar-refractivity contribution >= 4 is 11.8 Å². The molecule has 0 unspecified atom stereocenters. The molecule has 2 aliphatic rings. The minimum atomic E-state index is -0.0230. The van der Waals surface area contributed by atoms with Crippen LogP contribution in [0.5, 0.6) is 5.88 Å². The van der Waals surface area contributed by atoms with E-state index in [2.05, 4.69) is 9.97 Å². The lowest BCUT2D eigenvalue weighted by Crippen LogP contribution is -2.51. The smallest absolute Gasteiger partial charge is 0.325 e. The van der Waals surface area contributed by atoms with Crippen molar-refractivity contribution in [2.45, 2.75) is 25.4 Å². The zero-order chi connectivity index (χ0) is 14.1. The van der Waals surface area contributed by atoms with Gasteiger partial charge in [0, 0.05) is 26.3 Å². The molecule has 0 spiro atoms. The van der Waals surface area contributed by atoms with Crippen molar-refractivity contribution in [2.24, 2.45) is 0 Å². The molecule has 0 saturated carbocycles. The Morgan fingerprint density at radius 3 is 2.80 bits per heavy atom. The van der Waals surface area contributed by atoms with Gasteiger partial charge in [-0.15, -0.1) is 0 Å². The summed E-state index contributed by atoms with van der Waals surface area (Å²) < 4.78 is 10.7. The molecule has 3 rings (SSSR count). The maximum atomic E-state index is 12.5. The number of hydrogen-bond donors (Lipinski definition) is 0. The summed E-state index contributed by atoms with van der Waals surface area (Å²) in [6.07, 6.45) is 3.15. The third-order valence-electron chi connectivity index (χ3n) is 3.89. The largest absolute Gasteiger partial charge is 0.481 e. The van der Waals surface area contributed by atoms with E-state index in [1.807, 2.05) is 4.90 Å². The molecular formula is C13H18N4O3. The Hall–Kier alpha value is -1.89. The van der Waals surface area contributed by atoms with Crippen LogP contribution in [-0.4, -0.2) is 54.3 Å².